The van der Waals surface area contributed by atoms with Crippen molar-refractivity contribution in [3.05, 3.63) is 0 Å². The zero-order chi connectivity index (χ0) is 9.68. The summed E-state index contributed by atoms with van der Waals surface area (Å²) in [5, 5.41) is 17.8. The van der Waals surface area contributed by atoms with E-state index in [9.17, 15) is 0 Å². The van der Waals surface area contributed by atoms with Gasteiger partial charge in [0.1, 0.15) is 0 Å². The third-order valence-corrected chi connectivity index (χ3v) is 3.13. The summed E-state index contributed by atoms with van der Waals surface area (Å²) in [6.45, 7) is 2.23. The van der Waals surface area contributed by atoms with Gasteiger partial charge in [0.25, 0.3) is 0 Å². The van der Waals surface area contributed by atoms with E-state index in [1.54, 1.807) is 0 Å². The summed E-state index contributed by atoms with van der Waals surface area (Å²) < 4.78 is 0. The SMILES string of the molecule is CCCC1CCCC(CB(O)O)C1. The smallest absolute Gasteiger partial charge is 0.427 e. The molecule has 0 bridgehead atoms. The van der Waals surface area contributed by atoms with Gasteiger partial charge in [0, 0.05) is 0 Å². The first kappa shape index (κ1) is 11.1. The Kier molecular flexibility index (Phi) is 4.82. The molecular weight excluding hydrogens is 163 g/mol. The maximum absolute atomic E-state index is 8.88. The Labute approximate surface area is 81.5 Å². The van der Waals surface area contributed by atoms with Crippen LogP contribution in [0.4, 0.5) is 0 Å². The summed E-state index contributed by atoms with van der Waals surface area (Å²) in [5.74, 6) is 1.41. The van der Waals surface area contributed by atoms with E-state index < -0.39 is 7.12 Å². The normalized spacial score (nSPS) is 28.8. The van der Waals surface area contributed by atoms with Gasteiger partial charge in [0.05, 0.1) is 0 Å². The highest BCUT2D eigenvalue weighted by Crippen LogP contribution is 2.34. The van der Waals surface area contributed by atoms with Crippen LogP contribution < -0.4 is 0 Å². The zero-order valence-corrected chi connectivity index (χ0v) is 8.58. The maximum atomic E-state index is 8.88. The average molecular weight is 184 g/mol. The molecule has 0 radical (unpaired) electrons. The van der Waals surface area contributed by atoms with Crippen molar-refractivity contribution < 1.29 is 10.0 Å². The first-order valence-corrected chi connectivity index (χ1v) is 5.58. The molecule has 0 aliphatic heterocycles. The van der Waals surface area contributed by atoms with Crippen LogP contribution in [0.2, 0.25) is 6.32 Å². The Bertz CT molecular complexity index is 137. The van der Waals surface area contributed by atoms with E-state index in [1.165, 1.54) is 38.5 Å². The monoisotopic (exact) mass is 184 g/mol. The van der Waals surface area contributed by atoms with Crippen molar-refractivity contribution in [3.63, 3.8) is 0 Å². The minimum absolute atomic E-state index is 0.560. The largest absolute Gasteiger partial charge is 0.451 e. The van der Waals surface area contributed by atoms with Gasteiger partial charge in [-0.05, 0) is 24.6 Å². The molecule has 0 heterocycles. The maximum Gasteiger partial charge on any atom is 0.451 e. The fourth-order valence-electron chi connectivity index (χ4n) is 2.58. The van der Waals surface area contributed by atoms with E-state index >= 15 is 0 Å². The predicted octanol–water partition coefficient (Wildman–Crippen LogP) is 2.07. The van der Waals surface area contributed by atoms with Gasteiger partial charge in [-0.15, -0.1) is 0 Å². The van der Waals surface area contributed by atoms with Gasteiger partial charge in [0.15, 0.2) is 0 Å². The summed E-state index contributed by atoms with van der Waals surface area (Å²) in [6, 6.07) is 0. The van der Waals surface area contributed by atoms with Gasteiger partial charge >= 0.3 is 7.12 Å². The molecule has 2 N–H and O–H groups in total. The quantitative estimate of drug-likeness (QED) is 0.656. The van der Waals surface area contributed by atoms with Crippen LogP contribution in [0.3, 0.4) is 0 Å². The number of hydrogen-bond acceptors (Lipinski definition) is 2. The average Bonchev–Trinajstić information content (AvgIpc) is 2.04. The summed E-state index contributed by atoms with van der Waals surface area (Å²) in [5.41, 5.74) is 0. The molecule has 2 atom stereocenters. The van der Waals surface area contributed by atoms with Crippen molar-refractivity contribution in [2.45, 2.75) is 51.8 Å². The molecule has 0 aromatic carbocycles. The zero-order valence-electron chi connectivity index (χ0n) is 8.58. The highest BCUT2D eigenvalue weighted by atomic mass is 16.4. The van der Waals surface area contributed by atoms with E-state index in [4.69, 9.17) is 10.0 Å². The second-order valence-electron chi connectivity index (χ2n) is 4.40. The Morgan fingerprint density at radius 1 is 1.23 bits per heavy atom. The molecule has 1 fully saturated rings. The topological polar surface area (TPSA) is 40.5 Å². The highest BCUT2D eigenvalue weighted by Gasteiger charge is 2.24. The Balaban J connectivity index is 2.24. The third-order valence-electron chi connectivity index (χ3n) is 3.13. The summed E-state index contributed by atoms with van der Waals surface area (Å²) in [4.78, 5) is 0. The minimum atomic E-state index is -1.09. The van der Waals surface area contributed by atoms with Crippen LogP contribution in [0.25, 0.3) is 0 Å². The fraction of sp³-hybridized carbons (Fsp3) is 1.00. The van der Waals surface area contributed by atoms with E-state index in [-0.39, 0.29) is 0 Å². The van der Waals surface area contributed by atoms with Gasteiger partial charge in [-0.2, -0.15) is 0 Å². The standard InChI is InChI=1S/C10H21BO2/c1-2-4-9-5-3-6-10(7-9)8-11(12)13/h9-10,12-13H,2-8H2,1H3. The molecule has 0 aromatic heterocycles. The van der Waals surface area contributed by atoms with Gasteiger partial charge < -0.3 is 10.0 Å². The summed E-state index contributed by atoms with van der Waals surface area (Å²) in [7, 11) is -1.09. The fourth-order valence-corrected chi connectivity index (χ4v) is 2.58. The number of rotatable bonds is 4. The molecule has 3 heteroatoms. The van der Waals surface area contributed by atoms with Crippen molar-refractivity contribution in [2.75, 3.05) is 0 Å². The first-order valence-electron chi connectivity index (χ1n) is 5.58. The molecule has 2 nitrogen and oxygen atoms in total. The van der Waals surface area contributed by atoms with Crippen molar-refractivity contribution in [1.82, 2.24) is 0 Å². The molecule has 0 aromatic rings. The van der Waals surface area contributed by atoms with Crippen LogP contribution in [0, 0.1) is 11.8 Å². The molecule has 1 aliphatic rings. The second kappa shape index (κ2) is 5.66. The van der Waals surface area contributed by atoms with Gasteiger partial charge in [-0.1, -0.05) is 39.0 Å². The molecule has 1 rings (SSSR count). The third kappa shape index (κ3) is 4.14. The van der Waals surface area contributed by atoms with Crippen molar-refractivity contribution in [1.29, 1.82) is 0 Å². The molecule has 1 aliphatic carbocycles. The van der Waals surface area contributed by atoms with Gasteiger partial charge in [0.2, 0.25) is 0 Å². The lowest BCUT2D eigenvalue weighted by Gasteiger charge is -2.28. The van der Waals surface area contributed by atoms with Crippen LogP contribution in [-0.2, 0) is 0 Å². The molecule has 2 unspecified atom stereocenters. The lowest BCUT2D eigenvalue weighted by atomic mass is 9.69. The first-order chi connectivity index (χ1) is 6.22. The van der Waals surface area contributed by atoms with E-state index in [2.05, 4.69) is 6.92 Å². The second-order valence-corrected chi connectivity index (χ2v) is 4.40. The van der Waals surface area contributed by atoms with Crippen LogP contribution in [-0.4, -0.2) is 17.2 Å². The summed E-state index contributed by atoms with van der Waals surface area (Å²) >= 11 is 0. The van der Waals surface area contributed by atoms with E-state index in [1.807, 2.05) is 0 Å². The van der Waals surface area contributed by atoms with Crippen LogP contribution in [0.1, 0.15) is 45.4 Å². The Hall–Kier alpha value is -0.0151. The number of hydrogen-bond donors (Lipinski definition) is 2. The van der Waals surface area contributed by atoms with Crippen molar-refractivity contribution in [3.8, 4) is 0 Å². The predicted molar refractivity (Wildman–Crippen MR) is 55.4 cm³/mol. The van der Waals surface area contributed by atoms with Crippen LogP contribution in [0.15, 0.2) is 0 Å². The lowest BCUT2D eigenvalue weighted by Crippen LogP contribution is -2.22. The molecule has 13 heavy (non-hydrogen) atoms. The molecule has 0 spiro atoms. The van der Waals surface area contributed by atoms with E-state index in [0.29, 0.717) is 12.2 Å². The minimum Gasteiger partial charge on any atom is -0.427 e. The Morgan fingerprint density at radius 3 is 2.54 bits per heavy atom. The lowest BCUT2D eigenvalue weighted by molar-refractivity contribution is 0.255. The van der Waals surface area contributed by atoms with Crippen LogP contribution in [0.5, 0.6) is 0 Å². The molecular formula is C10H21BO2. The molecule has 0 saturated heterocycles. The molecule has 1 saturated carbocycles. The van der Waals surface area contributed by atoms with Gasteiger partial charge in [-0.3, -0.25) is 0 Å². The van der Waals surface area contributed by atoms with Crippen LogP contribution >= 0.6 is 0 Å². The van der Waals surface area contributed by atoms with Gasteiger partial charge in [-0.25, -0.2) is 0 Å². The molecule has 76 valence electrons. The summed E-state index contributed by atoms with van der Waals surface area (Å²) in [6.07, 6.45) is 8.20. The van der Waals surface area contributed by atoms with Crippen molar-refractivity contribution >= 4 is 7.12 Å². The van der Waals surface area contributed by atoms with E-state index in [0.717, 1.165) is 5.92 Å². The highest BCUT2D eigenvalue weighted by molar-refractivity contribution is 6.41. The van der Waals surface area contributed by atoms with Crippen molar-refractivity contribution in [2.24, 2.45) is 11.8 Å². The Morgan fingerprint density at radius 2 is 1.92 bits per heavy atom. The molecule has 0 amide bonds.